The van der Waals surface area contributed by atoms with E-state index in [2.05, 4.69) is 5.32 Å². The molecule has 2 rings (SSSR count). The zero-order valence-corrected chi connectivity index (χ0v) is 16.0. The van der Waals surface area contributed by atoms with Crippen LogP contribution in [0.25, 0.3) is 0 Å². The Balaban J connectivity index is 1.92. The van der Waals surface area contributed by atoms with Crippen LogP contribution >= 0.6 is 0 Å². The van der Waals surface area contributed by atoms with Crippen molar-refractivity contribution in [2.45, 2.75) is 13.8 Å². The summed E-state index contributed by atoms with van der Waals surface area (Å²) in [4.78, 5) is 24.1. The van der Waals surface area contributed by atoms with Gasteiger partial charge < -0.3 is 19.5 Å². The molecule has 0 unspecified atom stereocenters. The molecular formula is C21H22N2O5. The summed E-state index contributed by atoms with van der Waals surface area (Å²) in [5.41, 5.74) is 1.24. The van der Waals surface area contributed by atoms with E-state index in [1.807, 2.05) is 19.9 Å². The van der Waals surface area contributed by atoms with Crippen molar-refractivity contribution < 1.29 is 23.8 Å². The highest BCUT2D eigenvalue weighted by molar-refractivity contribution is 5.95. The lowest BCUT2D eigenvalue weighted by Crippen LogP contribution is -2.21. The maximum Gasteiger partial charge on any atom is 0.338 e. The monoisotopic (exact) mass is 382 g/mol. The van der Waals surface area contributed by atoms with Crippen molar-refractivity contribution in [1.82, 2.24) is 0 Å². The molecule has 0 aromatic heterocycles. The van der Waals surface area contributed by atoms with Gasteiger partial charge in [-0.1, -0.05) is 13.8 Å². The molecule has 0 radical (unpaired) electrons. The standard InChI is InChI=1S/C21H22N2O5/c1-14(2)12-27-18-9-6-16(10-19(18)26-3)21(25)28-13-20(24)23-17-7-4-15(11-22)5-8-17/h4-10,14H,12-13H2,1-3H3,(H,23,24). The molecule has 0 saturated heterocycles. The fourth-order valence-electron chi connectivity index (χ4n) is 2.21. The predicted molar refractivity (Wildman–Crippen MR) is 103 cm³/mol. The summed E-state index contributed by atoms with van der Waals surface area (Å²) in [6, 6.07) is 13.0. The molecule has 0 fully saturated rings. The Kier molecular flexibility index (Phi) is 7.40. The summed E-state index contributed by atoms with van der Waals surface area (Å²) in [5.74, 6) is 0.165. The molecule has 0 aliphatic carbocycles. The van der Waals surface area contributed by atoms with E-state index >= 15 is 0 Å². The van der Waals surface area contributed by atoms with Crippen LogP contribution in [0.1, 0.15) is 29.8 Å². The van der Waals surface area contributed by atoms with Crippen molar-refractivity contribution in [3.63, 3.8) is 0 Å². The predicted octanol–water partition coefficient (Wildman–Crippen LogP) is 3.40. The second kappa shape index (κ2) is 9.97. The number of carbonyl (C=O) groups excluding carboxylic acids is 2. The molecule has 28 heavy (non-hydrogen) atoms. The van der Waals surface area contributed by atoms with Crippen LogP contribution in [0.2, 0.25) is 0 Å². The van der Waals surface area contributed by atoms with Crippen molar-refractivity contribution in [2.75, 3.05) is 25.6 Å². The van der Waals surface area contributed by atoms with Gasteiger partial charge in [-0.3, -0.25) is 4.79 Å². The molecule has 7 heteroatoms. The average molecular weight is 382 g/mol. The number of esters is 1. The Labute approximate surface area is 163 Å². The Morgan fingerprint density at radius 3 is 2.43 bits per heavy atom. The van der Waals surface area contributed by atoms with Crippen molar-refractivity contribution in [1.29, 1.82) is 5.26 Å². The lowest BCUT2D eigenvalue weighted by atomic mass is 10.2. The third kappa shape index (κ3) is 6.02. The normalized spacial score (nSPS) is 10.1. The minimum absolute atomic E-state index is 0.250. The van der Waals surface area contributed by atoms with Gasteiger partial charge in [0.05, 0.1) is 30.9 Å². The molecule has 0 bridgehead atoms. The van der Waals surface area contributed by atoms with Gasteiger partial charge in [0, 0.05) is 5.69 Å². The van der Waals surface area contributed by atoms with Gasteiger partial charge >= 0.3 is 5.97 Å². The molecule has 0 heterocycles. The SMILES string of the molecule is COc1cc(C(=O)OCC(=O)Nc2ccc(C#N)cc2)ccc1OCC(C)C. The highest BCUT2D eigenvalue weighted by Gasteiger charge is 2.14. The van der Waals surface area contributed by atoms with Gasteiger partial charge in [0.2, 0.25) is 0 Å². The van der Waals surface area contributed by atoms with E-state index < -0.39 is 18.5 Å². The lowest BCUT2D eigenvalue weighted by molar-refractivity contribution is -0.119. The molecule has 0 atom stereocenters. The van der Waals surface area contributed by atoms with E-state index in [1.165, 1.54) is 13.2 Å². The highest BCUT2D eigenvalue weighted by Crippen LogP contribution is 2.28. The number of benzene rings is 2. The smallest absolute Gasteiger partial charge is 0.338 e. The van der Waals surface area contributed by atoms with Gasteiger partial charge in [-0.2, -0.15) is 5.26 Å². The largest absolute Gasteiger partial charge is 0.493 e. The fourth-order valence-corrected chi connectivity index (χ4v) is 2.21. The van der Waals surface area contributed by atoms with E-state index in [4.69, 9.17) is 19.5 Å². The first-order valence-electron chi connectivity index (χ1n) is 8.71. The molecule has 1 amide bonds. The summed E-state index contributed by atoms with van der Waals surface area (Å²) in [6.45, 7) is 4.14. The Hall–Kier alpha value is -3.53. The number of methoxy groups -OCH3 is 1. The van der Waals surface area contributed by atoms with Crippen LogP contribution in [0.15, 0.2) is 42.5 Å². The van der Waals surface area contributed by atoms with Crippen molar-refractivity contribution in [3.05, 3.63) is 53.6 Å². The van der Waals surface area contributed by atoms with Gasteiger partial charge in [0.15, 0.2) is 18.1 Å². The molecule has 7 nitrogen and oxygen atoms in total. The summed E-state index contributed by atoms with van der Waals surface area (Å²) in [6.07, 6.45) is 0. The molecule has 0 aliphatic heterocycles. The number of anilines is 1. The number of hydrogen-bond acceptors (Lipinski definition) is 6. The zero-order chi connectivity index (χ0) is 20.5. The van der Waals surface area contributed by atoms with Crippen molar-refractivity contribution in [3.8, 4) is 17.6 Å². The molecule has 146 valence electrons. The third-order valence-electron chi connectivity index (χ3n) is 3.60. The van der Waals surface area contributed by atoms with Crippen LogP contribution in [-0.2, 0) is 9.53 Å². The van der Waals surface area contributed by atoms with Crippen LogP contribution in [0, 0.1) is 17.2 Å². The minimum atomic E-state index is -0.649. The number of rotatable bonds is 8. The second-order valence-corrected chi connectivity index (χ2v) is 6.38. The van der Waals surface area contributed by atoms with Gasteiger partial charge in [0.25, 0.3) is 5.91 Å². The lowest BCUT2D eigenvalue weighted by Gasteiger charge is -2.13. The van der Waals surface area contributed by atoms with E-state index in [9.17, 15) is 9.59 Å². The van der Waals surface area contributed by atoms with Gasteiger partial charge in [-0.15, -0.1) is 0 Å². The van der Waals surface area contributed by atoms with Crippen LogP contribution in [0.3, 0.4) is 0 Å². The Bertz CT molecular complexity index is 869. The van der Waals surface area contributed by atoms with Crippen LogP contribution in [-0.4, -0.2) is 32.2 Å². The number of hydrogen-bond donors (Lipinski definition) is 1. The summed E-state index contributed by atoms with van der Waals surface area (Å²) >= 11 is 0. The Morgan fingerprint density at radius 2 is 1.82 bits per heavy atom. The van der Waals surface area contributed by atoms with Crippen molar-refractivity contribution >= 4 is 17.6 Å². The fraction of sp³-hybridized carbons (Fsp3) is 0.286. The quantitative estimate of drug-likeness (QED) is 0.703. The topological polar surface area (TPSA) is 97.6 Å². The molecule has 2 aromatic carbocycles. The molecule has 2 aromatic rings. The zero-order valence-electron chi connectivity index (χ0n) is 16.0. The summed E-state index contributed by atoms with van der Waals surface area (Å²) < 4.78 is 15.9. The molecule has 0 spiro atoms. The van der Waals surface area contributed by atoms with Gasteiger partial charge in [-0.05, 0) is 48.4 Å². The molecule has 1 N–H and O–H groups in total. The first-order chi connectivity index (χ1) is 13.4. The molecule has 0 aliphatic rings. The average Bonchev–Trinajstić information content (AvgIpc) is 2.70. The van der Waals surface area contributed by atoms with Gasteiger partial charge in [-0.25, -0.2) is 4.79 Å². The summed E-state index contributed by atoms with van der Waals surface area (Å²) in [5, 5.41) is 11.3. The maximum atomic E-state index is 12.2. The number of nitrogens with one attached hydrogen (secondary N) is 1. The highest BCUT2D eigenvalue weighted by atomic mass is 16.5. The number of nitriles is 1. The first-order valence-corrected chi connectivity index (χ1v) is 8.71. The second-order valence-electron chi connectivity index (χ2n) is 6.38. The van der Waals surface area contributed by atoms with Crippen LogP contribution in [0.4, 0.5) is 5.69 Å². The number of amides is 1. The third-order valence-corrected chi connectivity index (χ3v) is 3.60. The van der Waals surface area contributed by atoms with Crippen LogP contribution < -0.4 is 14.8 Å². The first kappa shape index (κ1) is 20.8. The van der Waals surface area contributed by atoms with E-state index in [1.54, 1.807) is 36.4 Å². The minimum Gasteiger partial charge on any atom is -0.493 e. The number of ether oxygens (including phenoxy) is 3. The van der Waals surface area contributed by atoms with Gasteiger partial charge in [0.1, 0.15) is 0 Å². The molecule has 0 saturated carbocycles. The van der Waals surface area contributed by atoms with E-state index in [-0.39, 0.29) is 5.56 Å². The van der Waals surface area contributed by atoms with E-state index in [0.29, 0.717) is 35.3 Å². The summed E-state index contributed by atoms with van der Waals surface area (Å²) in [7, 11) is 1.48. The number of nitrogens with zero attached hydrogens (tertiary/aromatic N) is 1. The Morgan fingerprint density at radius 1 is 1.11 bits per heavy atom. The van der Waals surface area contributed by atoms with E-state index in [0.717, 1.165) is 0 Å². The molecular weight excluding hydrogens is 360 g/mol. The number of carbonyl (C=O) groups is 2. The van der Waals surface area contributed by atoms with Crippen LogP contribution in [0.5, 0.6) is 11.5 Å². The maximum absolute atomic E-state index is 12.2. The van der Waals surface area contributed by atoms with Crippen molar-refractivity contribution in [2.24, 2.45) is 5.92 Å².